The van der Waals surface area contributed by atoms with E-state index in [2.05, 4.69) is 29.0 Å². The van der Waals surface area contributed by atoms with Crippen molar-refractivity contribution >= 4 is 21.4 Å². The molecule has 1 N–H and O–H groups in total. The Hall–Kier alpha value is -1.75. The van der Waals surface area contributed by atoms with Crippen molar-refractivity contribution in [2.75, 3.05) is 64.2 Å². The Kier molecular flexibility index (Phi) is 8.71. The predicted octanol–water partition coefficient (Wildman–Crippen LogP) is 2.95. The Bertz CT molecular complexity index is 907. The van der Waals surface area contributed by atoms with Crippen molar-refractivity contribution in [2.45, 2.75) is 39.0 Å². The quantitative estimate of drug-likeness (QED) is 0.428. The standard InChI is InChI=1S/C23H39N5O4S/c1-5-25-8-10-26(11-9-25)15-20(4)14-24-22-7-6-21(13-23(22)28(29)30)33(31,32)27-16-18(2)12-19(3)17-27/h6-7,13,18-20,24H,5,8-12,14-17H2,1-4H3/t18-,19+,20-/m0/s1. The molecule has 0 aromatic heterocycles. The summed E-state index contributed by atoms with van der Waals surface area (Å²) in [5.74, 6) is 0.842. The lowest BCUT2D eigenvalue weighted by Gasteiger charge is -2.35. The smallest absolute Gasteiger partial charge is 0.293 e. The Morgan fingerprint density at radius 1 is 1.12 bits per heavy atom. The second-order valence-corrected chi connectivity index (χ2v) is 11.9. The van der Waals surface area contributed by atoms with E-state index in [1.807, 2.05) is 13.8 Å². The van der Waals surface area contributed by atoms with Crippen molar-refractivity contribution in [2.24, 2.45) is 17.8 Å². The first-order valence-corrected chi connectivity index (χ1v) is 13.5. The van der Waals surface area contributed by atoms with E-state index >= 15 is 0 Å². The molecule has 3 atom stereocenters. The van der Waals surface area contributed by atoms with Gasteiger partial charge in [0.25, 0.3) is 5.69 Å². The first-order chi connectivity index (χ1) is 15.6. The number of nitro benzene ring substituents is 1. The van der Waals surface area contributed by atoms with Crippen LogP contribution in [0.2, 0.25) is 0 Å². The van der Waals surface area contributed by atoms with E-state index in [1.165, 1.54) is 22.5 Å². The van der Waals surface area contributed by atoms with Crippen LogP contribution in [-0.2, 0) is 10.0 Å². The molecule has 1 aromatic carbocycles. The molecule has 0 amide bonds. The van der Waals surface area contributed by atoms with Crippen molar-refractivity contribution in [3.8, 4) is 0 Å². The number of piperidine rings is 1. The van der Waals surface area contributed by atoms with Crippen molar-refractivity contribution in [3.05, 3.63) is 28.3 Å². The maximum Gasteiger partial charge on any atom is 0.293 e. The molecule has 2 fully saturated rings. The molecular weight excluding hydrogens is 442 g/mol. The number of piperazine rings is 1. The van der Waals surface area contributed by atoms with Crippen LogP contribution in [0, 0.1) is 27.9 Å². The summed E-state index contributed by atoms with van der Waals surface area (Å²) >= 11 is 0. The zero-order chi connectivity index (χ0) is 24.2. The minimum absolute atomic E-state index is 0.0112. The van der Waals surface area contributed by atoms with Crippen molar-refractivity contribution in [3.63, 3.8) is 0 Å². The summed E-state index contributed by atoms with van der Waals surface area (Å²) < 4.78 is 27.8. The third-order valence-corrected chi connectivity index (χ3v) is 8.59. The average molecular weight is 482 g/mol. The average Bonchev–Trinajstić information content (AvgIpc) is 2.77. The van der Waals surface area contributed by atoms with Crippen molar-refractivity contribution in [1.82, 2.24) is 14.1 Å². The second-order valence-electron chi connectivity index (χ2n) is 9.93. The van der Waals surface area contributed by atoms with Gasteiger partial charge in [-0.3, -0.25) is 10.1 Å². The number of anilines is 1. The van der Waals surface area contributed by atoms with E-state index in [0.717, 1.165) is 45.7 Å². The minimum Gasteiger partial charge on any atom is -0.379 e. The van der Waals surface area contributed by atoms with Gasteiger partial charge in [-0.25, -0.2) is 8.42 Å². The SMILES string of the molecule is CCN1CCN(C[C@@H](C)CNc2ccc(S(=O)(=O)N3C[C@H](C)C[C@H](C)C3)cc2[N+](=O)[O-])CC1. The predicted molar refractivity (Wildman–Crippen MR) is 131 cm³/mol. The molecule has 0 bridgehead atoms. The molecule has 1 aromatic rings. The van der Waals surface area contributed by atoms with E-state index in [0.29, 0.717) is 31.2 Å². The van der Waals surface area contributed by atoms with Gasteiger partial charge in [-0.05, 0) is 42.9 Å². The number of likely N-dealkylation sites (N-methyl/N-ethyl adjacent to an activating group) is 1. The molecule has 33 heavy (non-hydrogen) atoms. The normalized spacial score (nSPS) is 24.5. The van der Waals surface area contributed by atoms with Crippen LogP contribution in [0.5, 0.6) is 0 Å². The number of nitro groups is 1. The fraction of sp³-hybridized carbons (Fsp3) is 0.739. The number of benzene rings is 1. The lowest BCUT2D eigenvalue weighted by atomic mass is 9.94. The van der Waals surface area contributed by atoms with E-state index in [-0.39, 0.29) is 22.4 Å². The summed E-state index contributed by atoms with van der Waals surface area (Å²) in [4.78, 5) is 16.1. The molecule has 9 nitrogen and oxygen atoms in total. The molecule has 2 aliphatic heterocycles. The van der Waals surface area contributed by atoms with Gasteiger partial charge >= 0.3 is 0 Å². The zero-order valence-electron chi connectivity index (χ0n) is 20.4. The van der Waals surface area contributed by atoms with Gasteiger partial charge in [-0.2, -0.15) is 4.31 Å². The van der Waals surface area contributed by atoms with Gasteiger partial charge in [0.05, 0.1) is 9.82 Å². The fourth-order valence-corrected chi connectivity index (χ4v) is 6.70. The van der Waals surface area contributed by atoms with E-state index in [9.17, 15) is 18.5 Å². The van der Waals surface area contributed by atoms with E-state index in [4.69, 9.17) is 0 Å². The zero-order valence-corrected chi connectivity index (χ0v) is 21.2. The van der Waals surface area contributed by atoms with E-state index < -0.39 is 14.9 Å². The molecule has 2 heterocycles. The van der Waals surface area contributed by atoms with Gasteiger partial charge in [0.15, 0.2) is 0 Å². The Morgan fingerprint density at radius 3 is 2.30 bits per heavy atom. The molecule has 0 aliphatic carbocycles. The fourth-order valence-electron chi connectivity index (χ4n) is 5.00. The van der Waals surface area contributed by atoms with Crippen molar-refractivity contribution < 1.29 is 13.3 Å². The molecular formula is C23H39N5O4S. The van der Waals surface area contributed by atoms with E-state index in [1.54, 1.807) is 0 Å². The number of hydrogen-bond acceptors (Lipinski definition) is 7. The summed E-state index contributed by atoms with van der Waals surface area (Å²) in [6.07, 6.45) is 0.988. The van der Waals surface area contributed by atoms with Crippen LogP contribution in [0.25, 0.3) is 0 Å². The highest BCUT2D eigenvalue weighted by molar-refractivity contribution is 7.89. The Balaban J connectivity index is 1.66. The van der Waals surface area contributed by atoms with Gasteiger partial charge in [-0.1, -0.05) is 27.7 Å². The second kappa shape index (κ2) is 11.1. The van der Waals surface area contributed by atoms with Gasteiger partial charge in [0.2, 0.25) is 10.0 Å². The molecule has 2 saturated heterocycles. The van der Waals surface area contributed by atoms with Gasteiger partial charge in [0, 0.05) is 58.4 Å². The van der Waals surface area contributed by atoms with Crippen LogP contribution in [-0.4, -0.2) is 86.3 Å². The minimum atomic E-state index is -3.77. The molecule has 10 heteroatoms. The highest BCUT2D eigenvalue weighted by atomic mass is 32.2. The van der Waals surface area contributed by atoms with Crippen LogP contribution in [0.4, 0.5) is 11.4 Å². The third-order valence-electron chi connectivity index (χ3n) is 6.76. The molecule has 186 valence electrons. The molecule has 3 rings (SSSR count). The maximum absolute atomic E-state index is 13.2. The monoisotopic (exact) mass is 481 g/mol. The van der Waals surface area contributed by atoms with Crippen LogP contribution in [0.15, 0.2) is 23.1 Å². The highest BCUT2D eigenvalue weighted by Crippen LogP contribution is 2.31. The topological polar surface area (TPSA) is 99.0 Å². The molecule has 0 saturated carbocycles. The Labute approximate surface area is 198 Å². The van der Waals surface area contributed by atoms with Crippen LogP contribution in [0.1, 0.15) is 34.1 Å². The molecule has 2 aliphatic rings. The number of nitrogens with zero attached hydrogens (tertiary/aromatic N) is 4. The summed E-state index contributed by atoms with van der Waals surface area (Å²) in [7, 11) is -3.77. The summed E-state index contributed by atoms with van der Waals surface area (Å²) in [6, 6.07) is 4.23. The van der Waals surface area contributed by atoms with Gasteiger partial charge < -0.3 is 15.1 Å². The number of sulfonamides is 1. The lowest BCUT2D eigenvalue weighted by Crippen LogP contribution is -2.47. The van der Waals surface area contributed by atoms with Crippen molar-refractivity contribution in [1.29, 1.82) is 0 Å². The number of nitrogens with one attached hydrogen (secondary N) is 1. The highest BCUT2D eigenvalue weighted by Gasteiger charge is 2.33. The van der Waals surface area contributed by atoms with Crippen LogP contribution in [0.3, 0.4) is 0 Å². The summed E-state index contributed by atoms with van der Waals surface area (Å²) in [5.41, 5.74) is 0.167. The Morgan fingerprint density at radius 2 is 1.73 bits per heavy atom. The molecule has 0 unspecified atom stereocenters. The summed E-state index contributed by atoms with van der Waals surface area (Å²) in [5, 5.41) is 14.9. The largest absolute Gasteiger partial charge is 0.379 e. The van der Waals surface area contributed by atoms with Gasteiger partial charge in [-0.15, -0.1) is 0 Å². The maximum atomic E-state index is 13.2. The first kappa shape index (κ1) is 25.9. The number of hydrogen-bond donors (Lipinski definition) is 1. The number of rotatable bonds is 9. The van der Waals surface area contributed by atoms with Crippen LogP contribution < -0.4 is 5.32 Å². The van der Waals surface area contributed by atoms with Crippen LogP contribution >= 0.6 is 0 Å². The third kappa shape index (κ3) is 6.65. The molecule has 0 spiro atoms. The summed E-state index contributed by atoms with van der Waals surface area (Å²) in [6.45, 7) is 16.1. The first-order valence-electron chi connectivity index (χ1n) is 12.1. The molecule has 0 radical (unpaired) electrons. The lowest BCUT2D eigenvalue weighted by molar-refractivity contribution is -0.384. The van der Waals surface area contributed by atoms with Gasteiger partial charge in [0.1, 0.15) is 5.69 Å².